The number of aryl methyl sites for hydroxylation is 1. The average Bonchev–Trinajstić information content (AvgIpc) is 2.50. The highest BCUT2D eigenvalue weighted by Gasteiger charge is 2.25. The van der Waals surface area contributed by atoms with Crippen LogP contribution in [-0.2, 0) is 11.2 Å². The van der Waals surface area contributed by atoms with Crippen molar-refractivity contribution in [1.82, 2.24) is 0 Å². The smallest absolute Gasteiger partial charge is 0.265 e. The van der Waals surface area contributed by atoms with Crippen LogP contribution in [0.2, 0.25) is 0 Å². The Labute approximate surface area is 136 Å². The Morgan fingerprint density at radius 2 is 1.91 bits per heavy atom. The minimum absolute atomic E-state index is 0. The summed E-state index contributed by atoms with van der Waals surface area (Å²) < 4.78 is 5.44. The van der Waals surface area contributed by atoms with Gasteiger partial charge in [-0.3, -0.25) is 4.79 Å². The van der Waals surface area contributed by atoms with Crippen LogP contribution in [0.4, 0.5) is 11.4 Å². The van der Waals surface area contributed by atoms with Crippen molar-refractivity contribution in [3.05, 3.63) is 54.1 Å². The summed E-state index contributed by atoms with van der Waals surface area (Å²) in [6.45, 7) is 0.774. The lowest BCUT2D eigenvalue weighted by Gasteiger charge is -2.29. The van der Waals surface area contributed by atoms with E-state index in [2.05, 4.69) is 12.1 Å². The Bertz CT molecular complexity index is 646. The van der Waals surface area contributed by atoms with E-state index in [0.717, 1.165) is 24.3 Å². The molecule has 3 rings (SSSR count). The van der Waals surface area contributed by atoms with E-state index in [1.807, 2.05) is 24.3 Å². The number of nitrogens with two attached hydrogens (primary N) is 1. The van der Waals surface area contributed by atoms with Crippen LogP contribution in [-0.4, -0.2) is 19.1 Å². The van der Waals surface area contributed by atoms with Crippen molar-refractivity contribution in [3.63, 3.8) is 0 Å². The monoisotopic (exact) mass is 318 g/mol. The number of rotatable bonds is 4. The van der Waals surface area contributed by atoms with Gasteiger partial charge < -0.3 is 15.4 Å². The second kappa shape index (κ2) is 7.18. The zero-order valence-electron chi connectivity index (χ0n) is 12.2. The predicted octanol–water partition coefficient (Wildman–Crippen LogP) is 3.05. The molecule has 116 valence electrons. The van der Waals surface area contributed by atoms with Gasteiger partial charge in [0.05, 0.1) is 5.69 Å². The van der Waals surface area contributed by atoms with Crippen LogP contribution in [0, 0.1) is 0 Å². The normalized spacial score (nSPS) is 13.1. The molecule has 1 amide bonds. The first-order chi connectivity index (χ1) is 10.2. The van der Waals surface area contributed by atoms with E-state index in [9.17, 15) is 4.79 Å². The number of nitrogens with zero attached hydrogens (tertiary/aromatic N) is 1. The number of amides is 1. The van der Waals surface area contributed by atoms with Gasteiger partial charge in [0, 0.05) is 12.2 Å². The third-order valence-electron chi connectivity index (χ3n) is 3.62. The molecule has 0 radical (unpaired) electrons. The van der Waals surface area contributed by atoms with E-state index in [0.29, 0.717) is 12.2 Å². The highest BCUT2D eigenvalue weighted by molar-refractivity contribution is 5.98. The quantitative estimate of drug-likeness (QED) is 0.882. The first-order valence-corrected chi connectivity index (χ1v) is 7.10. The van der Waals surface area contributed by atoms with Crippen molar-refractivity contribution in [2.75, 3.05) is 23.8 Å². The van der Waals surface area contributed by atoms with Crippen LogP contribution in [0.15, 0.2) is 48.5 Å². The van der Waals surface area contributed by atoms with Gasteiger partial charge in [-0.1, -0.05) is 30.3 Å². The Morgan fingerprint density at radius 1 is 1.14 bits per heavy atom. The highest BCUT2D eigenvalue weighted by atomic mass is 35.5. The van der Waals surface area contributed by atoms with Gasteiger partial charge >= 0.3 is 0 Å². The number of halogens is 1. The molecule has 0 saturated heterocycles. The number of ether oxygens (including phenoxy) is 1. The molecular weight excluding hydrogens is 300 g/mol. The van der Waals surface area contributed by atoms with Crippen LogP contribution in [0.3, 0.4) is 0 Å². The van der Waals surface area contributed by atoms with E-state index in [-0.39, 0.29) is 24.9 Å². The Hall–Kier alpha value is -2.20. The van der Waals surface area contributed by atoms with E-state index < -0.39 is 0 Å². The second-order valence-electron chi connectivity index (χ2n) is 5.15. The van der Waals surface area contributed by atoms with Crippen LogP contribution in [0.5, 0.6) is 5.75 Å². The van der Waals surface area contributed by atoms with E-state index >= 15 is 0 Å². The Kier molecular flexibility index (Phi) is 5.28. The second-order valence-corrected chi connectivity index (χ2v) is 5.15. The number of benzene rings is 2. The lowest BCUT2D eigenvalue weighted by Crippen LogP contribution is -2.39. The highest BCUT2D eigenvalue weighted by Crippen LogP contribution is 2.33. The summed E-state index contributed by atoms with van der Waals surface area (Å²) in [7, 11) is 0. The minimum Gasteiger partial charge on any atom is -0.482 e. The number of nitrogen functional groups attached to an aromatic ring is 1. The molecule has 0 aliphatic carbocycles. The van der Waals surface area contributed by atoms with Crippen molar-refractivity contribution < 1.29 is 9.53 Å². The number of hydrogen-bond donors (Lipinski definition) is 1. The molecule has 2 aromatic rings. The number of carbonyl (C=O) groups is 1. The van der Waals surface area contributed by atoms with Gasteiger partial charge in [-0.25, -0.2) is 0 Å². The fourth-order valence-corrected chi connectivity index (χ4v) is 2.55. The van der Waals surface area contributed by atoms with Crippen LogP contribution in [0.25, 0.3) is 0 Å². The maximum atomic E-state index is 12.1. The summed E-state index contributed by atoms with van der Waals surface area (Å²) in [5, 5.41) is 0. The van der Waals surface area contributed by atoms with E-state index in [4.69, 9.17) is 10.5 Å². The number of hydrogen-bond acceptors (Lipinski definition) is 3. The molecule has 1 aliphatic heterocycles. The maximum absolute atomic E-state index is 12.1. The zero-order valence-corrected chi connectivity index (χ0v) is 13.0. The Balaban J connectivity index is 0.00000176. The molecule has 0 spiro atoms. The van der Waals surface area contributed by atoms with Crippen molar-refractivity contribution >= 4 is 29.7 Å². The minimum atomic E-state index is -0.0128. The molecule has 0 unspecified atom stereocenters. The molecule has 4 nitrogen and oxygen atoms in total. The topological polar surface area (TPSA) is 55.6 Å². The molecule has 22 heavy (non-hydrogen) atoms. The van der Waals surface area contributed by atoms with Crippen molar-refractivity contribution in [3.8, 4) is 5.75 Å². The van der Waals surface area contributed by atoms with Gasteiger partial charge in [-0.05, 0) is 36.6 Å². The molecule has 1 heterocycles. The van der Waals surface area contributed by atoms with Crippen molar-refractivity contribution in [2.45, 2.75) is 12.8 Å². The van der Waals surface area contributed by atoms with Crippen LogP contribution >= 0.6 is 12.4 Å². The Morgan fingerprint density at radius 3 is 2.68 bits per heavy atom. The molecule has 0 bridgehead atoms. The molecule has 1 aliphatic rings. The summed E-state index contributed by atoms with van der Waals surface area (Å²) in [5.74, 6) is 0.713. The lowest BCUT2D eigenvalue weighted by molar-refractivity contribution is -0.121. The standard InChI is InChI=1S/C17H18N2O2.ClH/c18-14-8-9-16-15(11-14)19(17(20)12-21-16)10-4-7-13-5-2-1-3-6-13;/h1-3,5-6,8-9,11H,4,7,10,12,18H2;1H. The molecule has 0 fully saturated rings. The van der Waals surface area contributed by atoms with Gasteiger partial charge in [-0.2, -0.15) is 0 Å². The first-order valence-electron chi connectivity index (χ1n) is 7.10. The fraction of sp³-hybridized carbons (Fsp3) is 0.235. The number of fused-ring (bicyclic) bond motifs is 1. The van der Waals surface area contributed by atoms with Crippen LogP contribution < -0.4 is 15.4 Å². The maximum Gasteiger partial charge on any atom is 0.265 e. The van der Waals surface area contributed by atoms with Crippen molar-refractivity contribution in [2.24, 2.45) is 0 Å². The van der Waals surface area contributed by atoms with Gasteiger partial charge in [-0.15, -0.1) is 12.4 Å². The molecule has 2 aromatic carbocycles. The third kappa shape index (κ3) is 3.52. The molecule has 2 N–H and O–H groups in total. The van der Waals surface area contributed by atoms with Gasteiger partial charge in [0.25, 0.3) is 5.91 Å². The number of carbonyl (C=O) groups excluding carboxylic acids is 1. The molecular formula is C17H19ClN2O2. The third-order valence-corrected chi connectivity index (χ3v) is 3.62. The molecule has 5 heteroatoms. The summed E-state index contributed by atoms with van der Waals surface area (Å²) in [4.78, 5) is 13.8. The van der Waals surface area contributed by atoms with Crippen LogP contribution in [0.1, 0.15) is 12.0 Å². The van der Waals surface area contributed by atoms with Crippen molar-refractivity contribution in [1.29, 1.82) is 0 Å². The summed E-state index contributed by atoms with van der Waals surface area (Å²) in [5.41, 5.74) is 8.52. The number of anilines is 2. The molecule has 0 aromatic heterocycles. The summed E-state index contributed by atoms with van der Waals surface area (Å²) >= 11 is 0. The lowest BCUT2D eigenvalue weighted by atomic mass is 10.1. The fourth-order valence-electron chi connectivity index (χ4n) is 2.55. The predicted molar refractivity (Wildman–Crippen MR) is 90.7 cm³/mol. The van der Waals surface area contributed by atoms with Gasteiger partial charge in [0.15, 0.2) is 6.61 Å². The first kappa shape index (κ1) is 16.2. The molecule has 0 saturated carbocycles. The SMILES string of the molecule is Cl.Nc1ccc2c(c1)N(CCCc1ccccc1)C(=O)CO2. The van der Waals surface area contributed by atoms with Gasteiger partial charge in [0.1, 0.15) is 5.75 Å². The summed E-state index contributed by atoms with van der Waals surface area (Å²) in [6, 6.07) is 15.7. The largest absolute Gasteiger partial charge is 0.482 e. The zero-order chi connectivity index (χ0) is 14.7. The van der Waals surface area contributed by atoms with E-state index in [1.54, 1.807) is 17.0 Å². The summed E-state index contributed by atoms with van der Waals surface area (Å²) in [6.07, 6.45) is 1.85. The molecule has 0 atom stereocenters. The van der Waals surface area contributed by atoms with E-state index in [1.165, 1.54) is 5.56 Å². The van der Waals surface area contributed by atoms with Gasteiger partial charge in [0.2, 0.25) is 0 Å². The average molecular weight is 319 g/mol.